The Morgan fingerprint density at radius 3 is 2.44 bits per heavy atom. The maximum atomic E-state index is 13.1. The molecule has 0 radical (unpaired) electrons. The molecular weight excluding hydrogens is 452 g/mol. The maximum absolute atomic E-state index is 13.1. The van der Waals surface area contributed by atoms with Crippen molar-refractivity contribution in [1.29, 1.82) is 0 Å². The fraction of sp³-hybridized carbons (Fsp3) is 0.391. The van der Waals surface area contributed by atoms with Crippen molar-refractivity contribution in [3.05, 3.63) is 64.7 Å². The zero-order chi connectivity index (χ0) is 23.1. The lowest BCUT2D eigenvalue weighted by atomic mass is 10.0. The Morgan fingerprint density at radius 2 is 1.78 bits per heavy atom. The minimum atomic E-state index is -3.81. The van der Waals surface area contributed by atoms with Gasteiger partial charge in [-0.15, -0.1) is 0 Å². The number of carbonyl (C=O) groups is 2. The van der Waals surface area contributed by atoms with E-state index in [4.69, 9.17) is 16.3 Å². The van der Waals surface area contributed by atoms with Crippen molar-refractivity contribution in [2.45, 2.75) is 43.5 Å². The van der Waals surface area contributed by atoms with E-state index in [-0.39, 0.29) is 28.5 Å². The van der Waals surface area contributed by atoms with Crippen molar-refractivity contribution in [3.63, 3.8) is 0 Å². The van der Waals surface area contributed by atoms with Crippen molar-refractivity contribution < 1.29 is 22.7 Å². The number of nitrogens with zero attached hydrogens (tertiary/aromatic N) is 1. The minimum Gasteiger partial charge on any atom is -0.466 e. The SMILES string of the molecule is CCOC(=O)CC(NC(=O)c1ccc(Cl)c(S(=O)(=O)N2CCCCC2)c1)c1ccccc1. The van der Waals surface area contributed by atoms with Gasteiger partial charge in [0, 0.05) is 18.7 Å². The average Bonchev–Trinajstić information content (AvgIpc) is 2.80. The van der Waals surface area contributed by atoms with Crippen LogP contribution in [0, 0.1) is 0 Å². The highest BCUT2D eigenvalue weighted by Crippen LogP contribution is 2.28. The highest BCUT2D eigenvalue weighted by atomic mass is 35.5. The lowest BCUT2D eigenvalue weighted by Gasteiger charge is -2.26. The Bertz CT molecular complexity index is 1050. The van der Waals surface area contributed by atoms with Crippen molar-refractivity contribution in [2.75, 3.05) is 19.7 Å². The zero-order valence-corrected chi connectivity index (χ0v) is 19.5. The average molecular weight is 479 g/mol. The second kappa shape index (κ2) is 10.9. The number of hydrogen-bond acceptors (Lipinski definition) is 5. The van der Waals surface area contributed by atoms with E-state index in [2.05, 4.69) is 5.32 Å². The molecule has 1 saturated heterocycles. The summed E-state index contributed by atoms with van der Waals surface area (Å²) in [5.41, 5.74) is 0.888. The fourth-order valence-electron chi connectivity index (χ4n) is 3.65. The van der Waals surface area contributed by atoms with Crippen LogP contribution in [-0.4, -0.2) is 44.3 Å². The topological polar surface area (TPSA) is 92.8 Å². The van der Waals surface area contributed by atoms with Crippen LogP contribution in [0.5, 0.6) is 0 Å². The van der Waals surface area contributed by atoms with Crippen LogP contribution in [0.25, 0.3) is 0 Å². The van der Waals surface area contributed by atoms with Gasteiger partial charge < -0.3 is 10.1 Å². The van der Waals surface area contributed by atoms with E-state index in [0.29, 0.717) is 13.1 Å². The molecule has 1 atom stereocenters. The smallest absolute Gasteiger partial charge is 0.308 e. The molecule has 1 heterocycles. The summed E-state index contributed by atoms with van der Waals surface area (Å²) in [4.78, 5) is 25.0. The van der Waals surface area contributed by atoms with Crippen LogP contribution in [0.1, 0.15) is 54.6 Å². The Balaban J connectivity index is 1.85. The third-order valence-corrected chi connectivity index (χ3v) is 7.69. The molecule has 32 heavy (non-hydrogen) atoms. The van der Waals surface area contributed by atoms with Gasteiger partial charge in [-0.05, 0) is 43.5 Å². The summed E-state index contributed by atoms with van der Waals surface area (Å²) in [7, 11) is -3.81. The molecule has 172 valence electrons. The summed E-state index contributed by atoms with van der Waals surface area (Å²) in [5, 5.41) is 2.89. The Labute approximate surface area is 193 Å². The summed E-state index contributed by atoms with van der Waals surface area (Å²) in [5.74, 6) is -0.943. The van der Waals surface area contributed by atoms with Crippen LogP contribution < -0.4 is 5.32 Å². The highest BCUT2D eigenvalue weighted by molar-refractivity contribution is 7.89. The molecule has 9 heteroatoms. The number of benzene rings is 2. The summed E-state index contributed by atoms with van der Waals surface area (Å²) in [6.07, 6.45) is 2.53. The van der Waals surface area contributed by atoms with E-state index in [1.807, 2.05) is 18.2 Å². The van der Waals surface area contributed by atoms with Gasteiger partial charge in [-0.1, -0.05) is 48.4 Å². The van der Waals surface area contributed by atoms with Gasteiger partial charge in [-0.25, -0.2) is 8.42 Å². The molecule has 1 aliphatic rings. The molecule has 2 aromatic rings. The van der Waals surface area contributed by atoms with Gasteiger partial charge in [0.05, 0.1) is 24.1 Å². The van der Waals surface area contributed by atoms with Gasteiger partial charge in [0.15, 0.2) is 0 Å². The van der Waals surface area contributed by atoms with E-state index in [1.165, 1.54) is 22.5 Å². The number of carbonyl (C=O) groups excluding carboxylic acids is 2. The predicted octanol–water partition coefficient (Wildman–Crippen LogP) is 3.94. The molecule has 7 nitrogen and oxygen atoms in total. The van der Waals surface area contributed by atoms with E-state index < -0.39 is 27.9 Å². The number of esters is 1. The first-order chi connectivity index (χ1) is 15.3. The molecule has 0 spiro atoms. The van der Waals surface area contributed by atoms with Gasteiger partial charge in [-0.2, -0.15) is 4.31 Å². The molecule has 0 bridgehead atoms. The van der Waals surface area contributed by atoms with Crippen LogP contribution >= 0.6 is 11.6 Å². The normalized spacial score (nSPS) is 15.7. The first kappa shape index (κ1) is 24.2. The van der Waals surface area contributed by atoms with Gasteiger partial charge in [0.2, 0.25) is 10.0 Å². The van der Waals surface area contributed by atoms with Crippen molar-refractivity contribution in [1.82, 2.24) is 9.62 Å². The van der Waals surface area contributed by atoms with E-state index in [9.17, 15) is 18.0 Å². The second-order valence-corrected chi connectivity index (χ2v) is 9.87. The standard InChI is InChI=1S/C23H27ClN2O5S/c1-2-31-22(27)16-20(17-9-5-3-6-10-17)25-23(28)18-11-12-19(24)21(15-18)32(29,30)26-13-7-4-8-14-26/h3,5-6,9-12,15,20H,2,4,7-8,13-14,16H2,1H3,(H,25,28). The number of hydrogen-bond donors (Lipinski definition) is 1. The summed E-state index contributed by atoms with van der Waals surface area (Å²) < 4.78 is 32.6. The number of sulfonamides is 1. The Morgan fingerprint density at radius 1 is 1.09 bits per heavy atom. The van der Waals surface area contributed by atoms with Crippen LogP contribution in [0.2, 0.25) is 5.02 Å². The number of piperidine rings is 1. The quantitative estimate of drug-likeness (QED) is 0.580. The molecule has 2 aromatic carbocycles. The third kappa shape index (κ3) is 5.88. The Kier molecular flexibility index (Phi) is 8.28. The van der Waals surface area contributed by atoms with Crippen LogP contribution in [0.15, 0.2) is 53.4 Å². The molecule has 1 N–H and O–H groups in total. The fourth-order valence-corrected chi connectivity index (χ4v) is 5.67. The molecule has 1 fully saturated rings. The Hall–Kier alpha value is -2.42. The van der Waals surface area contributed by atoms with Crippen molar-refractivity contribution in [2.24, 2.45) is 0 Å². The molecule has 1 aliphatic heterocycles. The predicted molar refractivity (Wildman–Crippen MR) is 122 cm³/mol. The van der Waals surface area contributed by atoms with Crippen molar-refractivity contribution >= 4 is 33.5 Å². The minimum absolute atomic E-state index is 0.0455. The molecule has 0 aromatic heterocycles. The number of ether oxygens (including phenoxy) is 1. The molecule has 0 saturated carbocycles. The van der Waals surface area contributed by atoms with Crippen LogP contribution in [0.4, 0.5) is 0 Å². The lowest BCUT2D eigenvalue weighted by Crippen LogP contribution is -2.36. The summed E-state index contributed by atoms with van der Waals surface area (Å²) in [6, 6.07) is 12.6. The number of halogens is 1. The van der Waals surface area contributed by atoms with Crippen molar-refractivity contribution in [3.8, 4) is 0 Å². The largest absolute Gasteiger partial charge is 0.466 e. The highest BCUT2D eigenvalue weighted by Gasteiger charge is 2.29. The van der Waals surface area contributed by atoms with Gasteiger partial charge in [-0.3, -0.25) is 9.59 Å². The molecular formula is C23H27ClN2O5S. The molecule has 3 rings (SSSR count). The maximum Gasteiger partial charge on any atom is 0.308 e. The van der Waals surface area contributed by atoms with E-state index in [0.717, 1.165) is 24.8 Å². The molecule has 1 unspecified atom stereocenters. The lowest BCUT2D eigenvalue weighted by molar-refractivity contribution is -0.143. The zero-order valence-electron chi connectivity index (χ0n) is 17.9. The van der Waals surface area contributed by atoms with Crippen LogP contribution in [-0.2, 0) is 19.6 Å². The summed E-state index contributed by atoms with van der Waals surface area (Å²) in [6.45, 7) is 2.82. The first-order valence-corrected chi connectivity index (χ1v) is 12.5. The second-order valence-electron chi connectivity index (χ2n) is 7.56. The van der Waals surface area contributed by atoms with E-state index >= 15 is 0 Å². The number of amides is 1. The monoisotopic (exact) mass is 478 g/mol. The van der Waals surface area contributed by atoms with Gasteiger partial charge in [0.1, 0.15) is 4.90 Å². The summed E-state index contributed by atoms with van der Waals surface area (Å²) >= 11 is 6.21. The van der Waals surface area contributed by atoms with E-state index in [1.54, 1.807) is 19.1 Å². The number of rotatable bonds is 8. The van der Waals surface area contributed by atoms with Gasteiger partial charge in [0.25, 0.3) is 5.91 Å². The first-order valence-electron chi connectivity index (χ1n) is 10.6. The van der Waals surface area contributed by atoms with Crippen LogP contribution in [0.3, 0.4) is 0 Å². The van der Waals surface area contributed by atoms with Gasteiger partial charge >= 0.3 is 5.97 Å². The molecule has 0 aliphatic carbocycles. The molecule has 1 amide bonds. The number of nitrogens with one attached hydrogen (secondary N) is 1. The third-order valence-electron chi connectivity index (χ3n) is 5.31.